The number of likely N-dealkylation sites (tertiary alicyclic amines) is 1. The predicted molar refractivity (Wildman–Crippen MR) is 103 cm³/mol. The molecule has 2 saturated heterocycles. The summed E-state index contributed by atoms with van der Waals surface area (Å²) in [6, 6.07) is 0. The molecule has 2 heterocycles. The second kappa shape index (κ2) is 8.34. The molecule has 2 atom stereocenters. The maximum Gasteiger partial charge on any atom is 0.191 e. The van der Waals surface area contributed by atoms with Gasteiger partial charge in [0.05, 0.1) is 13.2 Å². The quantitative estimate of drug-likeness (QED) is 0.410. The Balaban J connectivity index is 0.00000192. The summed E-state index contributed by atoms with van der Waals surface area (Å²) in [5.41, 5.74) is 6.16. The molecule has 0 amide bonds. The number of hydrogen-bond acceptors (Lipinski definition) is 3. The Labute approximate surface area is 157 Å². The van der Waals surface area contributed by atoms with Gasteiger partial charge in [-0.3, -0.25) is 4.99 Å². The highest BCUT2D eigenvalue weighted by Gasteiger charge is 2.43. The van der Waals surface area contributed by atoms with Gasteiger partial charge in [-0.2, -0.15) is 0 Å². The second-order valence-electron chi connectivity index (χ2n) is 7.54. The summed E-state index contributed by atoms with van der Waals surface area (Å²) in [6.45, 7) is 7.92. The number of rotatable bonds is 2. The summed E-state index contributed by atoms with van der Waals surface area (Å²) < 4.78 is 12.2. The van der Waals surface area contributed by atoms with Gasteiger partial charge in [0.15, 0.2) is 11.7 Å². The Morgan fingerprint density at radius 3 is 2.65 bits per heavy atom. The van der Waals surface area contributed by atoms with Crippen molar-refractivity contribution in [2.24, 2.45) is 22.6 Å². The van der Waals surface area contributed by atoms with Crippen molar-refractivity contribution in [2.45, 2.75) is 64.3 Å². The lowest BCUT2D eigenvalue weighted by atomic mass is 9.86. The van der Waals surface area contributed by atoms with Crippen LogP contribution in [-0.4, -0.2) is 49.0 Å². The number of nitrogens with two attached hydrogens (primary N) is 1. The Hall–Kier alpha value is -0.0800. The van der Waals surface area contributed by atoms with E-state index in [-0.39, 0.29) is 35.9 Å². The number of nitrogens with zero attached hydrogens (tertiary/aromatic N) is 2. The Kier molecular flexibility index (Phi) is 6.98. The fourth-order valence-corrected chi connectivity index (χ4v) is 3.86. The summed E-state index contributed by atoms with van der Waals surface area (Å²) in [6.07, 6.45) is 7.01. The van der Waals surface area contributed by atoms with Crippen molar-refractivity contribution in [3.05, 3.63) is 0 Å². The summed E-state index contributed by atoms with van der Waals surface area (Å²) in [5.74, 6) is 1.86. The highest BCUT2D eigenvalue weighted by atomic mass is 127. The van der Waals surface area contributed by atoms with Crippen LogP contribution in [-0.2, 0) is 9.47 Å². The van der Waals surface area contributed by atoms with Crippen LogP contribution in [0.2, 0.25) is 0 Å². The normalized spacial score (nSPS) is 38.6. The largest absolute Gasteiger partial charge is 0.370 e. The molecule has 1 spiro atoms. The minimum Gasteiger partial charge on any atom is -0.370 e. The van der Waals surface area contributed by atoms with E-state index < -0.39 is 0 Å². The third-order valence-electron chi connectivity index (χ3n) is 5.39. The molecule has 6 heteroatoms. The van der Waals surface area contributed by atoms with Crippen LogP contribution in [0.1, 0.15) is 52.4 Å². The molecule has 0 bridgehead atoms. The van der Waals surface area contributed by atoms with E-state index in [4.69, 9.17) is 15.2 Å². The average Bonchev–Trinajstić information content (AvgIpc) is 2.91. The molecule has 3 fully saturated rings. The van der Waals surface area contributed by atoms with E-state index in [1.165, 1.54) is 25.7 Å². The van der Waals surface area contributed by atoms with Gasteiger partial charge < -0.3 is 20.1 Å². The van der Waals surface area contributed by atoms with E-state index in [9.17, 15) is 0 Å². The number of halogens is 1. The van der Waals surface area contributed by atoms with Gasteiger partial charge in [0.2, 0.25) is 0 Å². The van der Waals surface area contributed by atoms with Crippen molar-refractivity contribution in [1.82, 2.24) is 4.90 Å². The number of piperidine rings is 1. The summed E-state index contributed by atoms with van der Waals surface area (Å²) >= 11 is 0. The zero-order valence-electron chi connectivity index (χ0n) is 14.5. The van der Waals surface area contributed by atoms with E-state index in [1.807, 2.05) is 0 Å². The van der Waals surface area contributed by atoms with Crippen LogP contribution in [0.25, 0.3) is 0 Å². The maximum absolute atomic E-state index is 6.19. The minimum atomic E-state index is -0.318. The van der Waals surface area contributed by atoms with Crippen LogP contribution in [0.4, 0.5) is 0 Å². The zero-order valence-corrected chi connectivity index (χ0v) is 16.8. The van der Waals surface area contributed by atoms with Gasteiger partial charge in [0.25, 0.3) is 0 Å². The number of aliphatic imine (C=N–C) groups is 1. The van der Waals surface area contributed by atoms with Gasteiger partial charge in [-0.25, -0.2) is 0 Å². The lowest BCUT2D eigenvalue weighted by Gasteiger charge is -2.34. The van der Waals surface area contributed by atoms with Crippen molar-refractivity contribution in [2.75, 3.05) is 26.2 Å². The predicted octanol–water partition coefficient (Wildman–Crippen LogP) is 2.97. The van der Waals surface area contributed by atoms with E-state index in [1.54, 1.807) is 0 Å². The molecule has 1 saturated carbocycles. The fourth-order valence-electron chi connectivity index (χ4n) is 3.86. The smallest absolute Gasteiger partial charge is 0.191 e. The van der Waals surface area contributed by atoms with Crippen LogP contribution in [0, 0.1) is 11.8 Å². The van der Waals surface area contributed by atoms with Gasteiger partial charge in [-0.05, 0) is 37.5 Å². The van der Waals surface area contributed by atoms with Crippen LogP contribution in [0.15, 0.2) is 4.99 Å². The Morgan fingerprint density at radius 1 is 1.22 bits per heavy atom. The van der Waals surface area contributed by atoms with E-state index >= 15 is 0 Å². The lowest BCUT2D eigenvalue weighted by molar-refractivity contribution is -0.190. The van der Waals surface area contributed by atoms with E-state index in [2.05, 4.69) is 23.7 Å². The highest BCUT2D eigenvalue weighted by Crippen LogP contribution is 2.39. The molecule has 0 radical (unpaired) electrons. The summed E-state index contributed by atoms with van der Waals surface area (Å²) in [5, 5.41) is 0. The van der Waals surface area contributed by atoms with E-state index in [0.29, 0.717) is 25.0 Å². The number of guanidine groups is 1. The van der Waals surface area contributed by atoms with Crippen LogP contribution < -0.4 is 5.73 Å². The van der Waals surface area contributed by atoms with Gasteiger partial charge in [-0.1, -0.05) is 13.8 Å². The first-order valence-electron chi connectivity index (χ1n) is 8.93. The SMILES string of the molecule is CC1CCC2(CC1)OCC(CN=C(N)N1CCCC(C)C1)O2.I. The first-order chi connectivity index (χ1) is 10.6. The molecule has 134 valence electrons. The van der Waals surface area contributed by atoms with Crippen molar-refractivity contribution < 1.29 is 9.47 Å². The third-order valence-corrected chi connectivity index (χ3v) is 5.39. The third kappa shape index (κ3) is 4.95. The number of ether oxygens (including phenoxy) is 2. The van der Waals surface area contributed by atoms with Gasteiger partial charge in [0.1, 0.15) is 6.10 Å². The molecule has 0 aromatic rings. The highest BCUT2D eigenvalue weighted by molar-refractivity contribution is 14.0. The van der Waals surface area contributed by atoms with Crippen molar-refractivity contribution in [3.63, 3.8) is 0 Å². The molecule has 0 aromatic heterocycles. The first-order valence-corrected chi connectivity index (χ1v) is 8.93. The minimum absolute atomic E-state index is 0. The molecule has 2 N–H and O–H groups in total. The van der Waals surface area contributed by atoms with Crippen LogP contribution >= 0.6 is 24.0 Å². The molecule has 23 heavy (non-hydrogen) atoms. The molecule has 1 aliphatic carbocycles. The first kappa shape index (κ1) is 19.2. The average molecular weight is 437 g/mol. The summed E-state index contributed by atoms with van der Waals surface area (Å²) in [7, 11) is 0. The second-order valence-corrected chi connectivity index (χ2v) is 7.54. The van der Waals surface area contributed by atoms with Crippen molar-refractivity contribution in [3.8, 4) is 0 Å². The maximum atomic E-state index is 6.19. The Bertz CT molecular complexity index is 411. The van der Waals surface area contributed by atoms with E-state index in [0.717, 1.165) is 31.8 Å². The lowest BCUT2D eigenvalue weighted by Crippen LogP contribution is -2.44. The summed E-state index contributed by atoms with van der Waals surface area (Å²) in [4.78, 5) is 6.78. The van der Waals surface area contributed by atoms with Gasteiger partial charge in [0, 0.05) is 25.9 Å². The molecule has 0 aromatic carbocycles. The molecular formula is C17H32IN3O2. The molecule has 3 aliphatic rings. The standard InChI is InChI=1S/C17H31N3O2.HI/c1-13-5-7-17(8-6-13)21-12-15(22-17)10-19-16(18)20-9-3-4-14(2)11-20;/h13-15H,3-12H2,1-2H3,(H2,18,19);1H. The van der Waals surface area contributed by atoms with Crippen molar-refractivity contribution in [1.29, 1.82) is 0 Å². The number of hydrogen-bond donors (Lipinski definition) is 1. The van der Waals surface area contributed by atoms with Gasteiger partial charge in [-0.15, -0.1) is 24.0 Å². The molecule has 2 unspecified atom stereocenters. The monoisotopic (exact) mass is 437 g/mol. The van der Waals surface area contributed by atoms with Crippen LogP contribution in [0.3, 0.4) is 0 Å². The molecule has 5 nitrogen and oxygen atoms in total. The van der Waals surface area contributed by atoms with Crippen molar-refractivity contribution >= 4 is 29.9 Å². The fraction of sp³-hybridized carbons (Fsp3) is 0.941. The van der Waals surface area contributed by atoms with Gasteiger partial charge >= 0.3 is 0 Å². The topological polar surface area (TPSA) is 60.1 Å². The zero-order chi connectivity index (χ0) is 15.6. The Morgan fingerprint density at radius 2 is 1.96 bits per heavy atom. The van der Waals surface area contributed by atoms with Crippen LogP contribution in [0.5, 0.6) is 0 Å². The molecular weight excluding hydrogens is 405 g/mol. The molecule has 3 rings (SSSR count). The molecule has 2 aliphatic heterocycles.